The highest BCUT2D eigenvalue weighted by atomic mass is 79.9. The SMILES string of the molecule is CCCCCOc1c(Br)cc(C2C(C(=O)Nc3cccc(C)c3)=C(C)Nc3nnnn32)cc1OCC. The number of benzene rings is 2. The van der Waals surface area contributed by atoms with Crippen molar-refractivity contribution in [2.24, 2.45) is 0 Å². The number of carbonyl (C=O) groups excluding carboxylic acids is 1. The van der Waals surface area contributed by atoms with Crippen molar-refractivity contribution in [1.29, 1.82) is 0 Å². The average Bonchev–Trinajstić information content (AvgIpc) is 3.30. The molecular weight excluding hydrogens is 524 g/mol. The van der Waals surface area contributed by atoms with E-state index in [0.717, 1.165) is 34.9 Å². The van der Waals surface area contributed by atoms with Gasteiger partial charge in [0, 0.05) is 11.4 Å². The number of aryl methyl sites for hydroxylation is 1. The van der Waals surface area contributed by atoms with Gasteiger partial charge in [0.05, 0.1) is 23.3 Å². The second-order valence-electron chi connectivity index (χ2n) is 8.66. The van der Waals surface area contributed by atoms with E-state index in [0.29, 0.717) is 47.6 Å². The van der Waals surface area contributed by atoms with Crippen molar-refractivity contribution in [1.82, 2.24) is 20.2 Å². The number of fused-ring (bicyclic) bond motifs is 1. The number of halogens is 1. The summed E-state index contributed by atoms with van der Waals surface area (Å²) in [4.78, 5) is 13.6. The Morgan fingerprint density at radius 3 is 2.75 bits per heavy atom. The normalized spacial score (nSPS) is 14.8. The van der Waals surface area contributed by atoms with E-state index in [2.05, 4.69) is 49.0 Å². The van der Waals surface area contributed by atoms with Crippen LogP contribution in [0.3, 0.4) is 0 Å². The Kier molecular flexibility index (Phi) is 8.25. The molecule has 1 aliphatic heterocycles. The van der Waals surface area contributed by atoms with Gasteiger partial charge in [0.15, 0.2) is 11.5 Å². The van der Waals surface area contributed by atoms with E-state index in [9.17, 15) is 4.79 Å². The van der Waals surface area contributed by atoms with E-state index < -0.39 is 6.04 Å². The minimum atomic E-state index is -0.578. The monoisotopic (exact) mass is 554 g/mol. The molecular formula is C26H31BrN6O3. The van der Waals surface area contributed by atoms with Gasteiger partial charge in [0.25, 0.3) is 5.91 Å². The van der Waals surface area contributed by atoms with Gasteiger partial charge in [-0.3, -0.25) is 4.79 Å². The first kappa shape index (κ1) is 25.7. The molecule has 36 heavy (non-hydrogen) atoms. The highest BCUT2D eigenvalue weighted by Crippen LogP contribution is 2.43. The van der Waals surface area contributed by atoms with Crippen LogP contribution in [-0.2, 0) is 4.79 Å². The fraction of sp³-hybridized carbons (Fsp3) is 0.385. The minimum absolute atomic E-state index is 0.245. The molecule has 0 saturated carbocycles. The average molecular weight is 555 g/mol. The van der Waals surface area contributed by atoms with Crippen molar-refractivity contribution in [3.63, 3.8) is 0 Å². The molecule has 9 nitrogen and oxygen atoms in total. The third kappa shape index (κ3) is 5.53. The van der Waals surface area contributed by atoms with Crippen molar-refractivity contribution < 1.29 is 14.3 Å². The second kappa shape index (κ2) is 11.6. The van der Waals surface area contributed by atoms with Crippen LogP contribution in [0.4, 0.5) is 11.6 Å². The highest BCUT2D eigenvalue weighted by Gasteiger charge is 2.35. The summed E-state index contributed by atoms with van der Waals surface area (Å²) in [6, 6.07) is 10.9. The van der Waals surface area contributed by atoms with Crippen LogP contribution in [0.5, 0.6) is 11.5 Å². The van der Waals surface area contributed by atoms with E-state index in [1.807, 2.05) is 57.2 Å². The number of nitrogens with zero attached hydrogens (tertiary/aromatic N) is 4. The molecule has 4 rings (SSSR count). The highest BCUT2D eigenvalue weighted by molar-refractivity contribution is 9.10. The smallest absolute Gasteiger partial charge is 0.255 e. The van der Waals surface area contributed by atoms with Crippen molar-refractivity contribution in [3.05, 3.63) is 63.3 Å². The molecule has 0 saturated heterocycles. The number of hydrogen-bond acceptors (Lipinski definition) is 7. The molecule has 190 valence electrons. The molecule has 0 radical (unpaired) electrons. The molecule has 2 heterocycles. The maximum atomic E-state index is 13.6. The van der Waals surface area contributed by atoms with Crippen LogP contribution in [0.1, 0.15) is 57.2 Å². The summed E-state index contributed by atoms with van der Waals surface area (Å²) in [6.07, 6.45) is 3.18. The molecule has 10 heteroatoms. The number of tetrazole rings is 1. The maximum Gasteiger partial charge on any atom is 0.255 e. The van der Waals surface area contributed by atoms with E-state index >= 15 is 0 Å². The van der Waals surface area contributed by atoms with Gasteiger partial charge in [0.1, 0.15) is 6.04 Å². The van der Waals surface area contributed by atoms with E-state index in [1.54, 1.807) is 4.68 Å². The molecule has 2 aromatic carbocycles. The summed E-state index contributed by atoms with van der Waals surface area (Å²) in [6.45, 7) is 8.98. The summed E-state index contributed by atoms with van der Waals surface area (Å²) < 4.78 is 14.4. The van der Waals surface area contributed by atoms with Crippen LogP contribution >= 0.6 is 15.9 Å². The zero-order chi connectivity index (χ0) is 25.7. The Morgan fingerprint density at radius 1 is 1.17 bits per heavy atom. The summed E-state index contributed by atoms with van der Waals surface area (Å²) >= 11 is 3.67. The number of nitrogens with one attached hydrogen (secondary N) is 2. The summed E-state index contributed by atoms with van der Waals surface area (Å²) in [5.41, 5.74) is 3.73. The van der Waals surface area contributed by atoms with Gasteiger partial charge in [0.2, 0.25) is 5.95 Å². The topological polar surface area (TPSA) is 103 Å². The number of hydrogen-bond donors (Lipinski definition) is 2. The van der Waals surface area contributed by atoms with Crippen molar-refractivity contribution in [2.75, 3.05) is 23.8 Å². The first-order valence-corrected chi connectivity index (χ1v) is 12.9. The quantitative estimate of drug-likeness (QED) is 0.312. The predicted octanol–water partition coefficient (Wildman–Crippen LogP) is 5.64. The number of anilines is 2. The van der Waals surface area contributed by atoms with Gasteiger partial charge in [-0.15, -0.1) is 0 Å². The molecule has 1 amide bonds. The largest absolute Gasteiger partial charge is 0.490 e. The number of allylic oxidation sites excluding steroid dienone is 1. The number of ether oxygens (including phenoxy) is 2. The molecule has 3 aromatic rings. The lowest BCUT2D eigenvalue weighted by molar-refractivity contribution is -0.113. The Hall–Kier alpha value is -3.40. The molecule has 0 bridgehead atoms. The first-order chi connectivity index (χ1) is 17.4. The standard InChI is InChI=1S/C26H31BrN6O3/c1-5-7-8-12-36-24-20(27)14-18(15-21(24)35-6-2)23-22(17(4)28-26-30-31-32-33(23)26)25(34)29-19-11-9-10-16(3)13-19/h9-11,13-15,23H,5-8,12H2,1-4H3,(H,29,34)(H,28,30,32). The van der Waals surface area contributed by atoms with Gasteiger partial charge >= 0.3 is 0 Å². The van der Waals surface area contributed by atoms with Crippen LogP contribution in [0.2, 0.25) is 0 Å². The zero-order valence-electron chi connectivity index (χ0n) is 21.0. The lowest BCUT2D eigenvalue weighted by atomic mass is 9.94. The summed E-state index contributed by atoms with van der Waals surface area (Å²) in [5, 5.41) is 18.3. The first-order valence-electron chi connectivity index (χ1n) is 12.2. The molecule has 1 atom stereocenters. The van der Waals surface area contributed by atoms with E-state index in [-0.39, 0.29) is 5.91 Å². The number of rotatable bonds is 10. The Morgan fingerprint density at radius 2 is 2.00 bits per heavy atom. The molecule has 0 fully saturated rings. The van der Waals surface area contributed by atoms with Gasteiger partial charge in [-0.1, -0.05) is 37.0 Å². The Labute approximate surface area is 219 Å². The van der Waals surface area contributed by atoms with E-state index in [1.165, 1.54) is 0 Å². The van der Waals surface area contributed by atoms with Crippen LogP contribution in [0, 0.1) is 6.92 Å². The van der Waals surface area contributed by atoms with Gasteiger partial charge < -0.3 is 20.1 Å². The van der Waals surface area contributed by atoms with Crippen molar-refractivity contribution in [2.45, 2.75) is 53.0 Å². The van der Waals surface area contributed by atoms with Crippen LogP contribution in [0.25, 0.3) is 0 Å². The number of amides is 1. The number of unbranched alkanes of at least 4 members (excludes halogenated alkanes) is 2. The third-order valence-electron chi connectivity index (χ3n) is 5.88. The second-order valence-corrected chi connectivity index (χ2v) is 9.51. The molecule has 1 aromatic heterocycles. The minimum Gasteiger partial charge on any atom is -0.490 e. The molecule has 2 N–H and O–H groups in total. The third-order valence-corrected chi connectivity index (χ3v) is 6.47. The number of aromatic nitrogens is 4. The van der Waals surface area contributed by atoms with Gasteiger partial charge in [-0.2, -0.15) is 4.68 Å². The van der Waals surface area contributed by atoms with Crippen molar-refractivity contribution in [3.8, 4) is 11.5 Å². The molecule has 1 aliphatic rings. The van der Waals surface area contributed by atoms with Crippen LogP contribution in [0.15, 0.2) is 52.1 Å². The van der Waals surface area contributed by atoms with Crippen LogP contribution in [-0.4, -0.2) is 39.3 Å². The lowest BCUT2D eigenvalue weighted by Gasteiger charge is -2.28. The maximum absolute atomic E-state index is 13.6. The molecule has 1 unspecified atom stereocenters. The zero-order valence-corrected chi connectivity index (χ0v) is 22.6. The van der Waals surface area contributed by atoms with Crippen LogP contribution < -0.4 is 20.1 Å². The van der Waals surface area contributed by atoms with Gasteiger partial charge in [-0.25, -0.2) is 0 Å². The van der Waals surface area contributed by atoms with Gasteiger partial charge in [-0.05, 0) is 88.9 Å². The fourth-order valence-corrected chi connectivity index (χ4v) is 4.79. The lowest BCUT2D eigenvalue weighted by Crippen LogP contribution is -2.31. The van der Waals surface area contributed by atoms with E-state index in [4.69, 9.17) is 9.47 Å². The predicted molar refractivity (Wildman–Crippen MR) is 142 cm³/mol. The molecule has 0 aliphatic carbocycles. The number of carbonyl (C=O) groups is 1. The summed E-state index contributed by atoms with van der Waals surface area (Å²) in [5.74, 6) is 1.46. The molecule has 0 spiro atoms. The Bertz CT molecular complexity index is 1270. The van der Waals surface area contributed by atoms with Crippen molar-refractivity contribution >= 4 is 33.5 Å². The summed E-state index contributed by atoms with van der Waals surface area (Å²) in [7, 11) is 0. The Balaban J connectivity index is 1.74. The fourth-order valence-electron chi connectivity index (χ4n) is 4.21.